The van der Waals surface area contributed by atoms with Crippen LogP contribution in [0.2, 0.25) is 0 Å². The van der Waals surface area contributed by atoms with Crippen LogP contribution in [0, 0.1) is 6.92 Å². The molecule has 24 heavy (non-hydrogen) atoms. The number of aryl methyl sites for hydroxylation is 1. The van der Waals surface area contributed by atoms with Gasteiger partial charge < -0.3 is 0 Å². The van der Waals surface area contributed by atoms with Gasteiger partial charge in [-0.05, 0) is 30.2 Å². The van der Waals surface area contributed by atoms with Crippen LogP contribution in [0.15, 0.2) is 71.9 Å². The Balaban J connectivity index is 1.91. The third-order valence-electron chi connectivity index (χ3n) is 3.61. The van der Waals surface area contributed by atoms with Gasteiger partial charge in [-0.25, -0.2) is 13.1 Å². The maximum Gasteiger partial charge on any atom is 0.241 e. The van der Waals surface area contributed by atoms with Crippen LogP contribution < -0.4 is 4.72 Å². The molecule has 2 aromatic carbocycles. The number of hydrogen-bond acceptors (Lipinski definition) is 4. The summed E-state index contributed by atoms with van der Waals surface area (Å²) < 4.78 is 28.2. The zero-order valence-electron chi connectivity index (χ0n) is 13.2. The fourth-order valence-corrected chi connectivity index (χ4v) is 3.75. The Bertz CT molecular complexity index is 893. The molecular weight excluding hydrogens is 324 g/mol. The highest BCUT2D eigenvalue weighted by atomic mass is 32.2. The first kappa shape index (κ1) is 16.4. The van der Waals surface area contributed by atoms with Crippen molar-refractivity contribution in [3.8, 4) is 0 Å². The Hall–Kier alpha value is -2.51. The third kappa shape index (κ3) is 3.87. The van der Waals surface area contributed by atoms with Crippen LogP contribution in [0.4, 0.5) is 0 Å². The lowest BCUT2D eigenvalue weighted by atomic mass is 10.1. The van der Waals surface area contributed by atoms with Gasteiger partial charge in [0.25, 0.3) is 0 Å². The van der Waals surface area contributed by atoms with E-state index in [0.29, 0.717) is 6.54 Å². The van der Waals surface area contributed by atoms with Crippen LogP contribution in [-0.4, -0.2) is 23.4 Å². The smallest absolute Gasteiger partial charge is 0.207 e. The number of benzene rings is 2. The van der Waals surface area contributed by atoms with Crippen LogP contribution in [0.3, 0.4) is 0 Å². The van der Waals surface area contributed by atoms with Gasteiger partial charge in [0.1, 0.15) is 0 Å². The highest BCUT2D eigenvalue weighted by molar-refractivity contribution is 7.89. The molecule has 1 unspecified atom stereocenters. The van der Waals surface area contributed by atoms with E-state index >= 15 is 0 Å². The quantitative estimate of drug-likeness (QED) is 0.746. The molecule has 6 nitrogen and oxygen atoms in total. The summed E-state index contributed by atoms with van der Waals surface area (Å²) in [6, 6.07) is 15.8. The number of rotatable bonds is 6. The van der Waals surface area contributed by atoms with Crippen molar-refractivity contribution in [1.82, 2.24) is 19.7 Å². The Morgan fingerprint density at radius 1 is 1.04 bits per heavy atom. The summed E-state index contributed by atoms with van der Waals surface area (Å²) in [5.41, 5.74) is 1.74. The van der Waals surface area contributed by atoms with Crippen LogP contribution >= 0.6 is 0 Å². The van der Waals surface area contributed by atoms with Crippen molar-refractivity contribution in [2.24, 2.45) is 0 Å². The van der Waals surface area contributed by atoms with Gasteiger partial charge >= 0.3 is 0 Å². The van der Waals surface area contributed by atoms with E-state index in [1.165, 1.54) is 4.80 Å². The van der Waals surface area contributed by atoms with Gasteiger partial charge in [-0.3, -0.25) is 0 Å². The molecule has 0 aliphatic rings. The zero-order valence-corrected chi connectivity index (χ0v) is 14.0. The van der Waals surface area contributed by atoms with Crippen LogP contribution in [-0.2, 0) is 16.6 Å². The predicted octanol–water partition coefficient (Wildman–Crippen LogP) is 2.31. The Morgan fingerprint density at radius 3 is 2.42 bits per heavy atom. The van der Waals surface area contributed by atoms with Gasteiger partial charge in [0.05, 0.1) is 29.9 Å². The van der Waals surface area contributed by atoms with Gasteiger partial charge in [0.2, 0.25) is 10.0 Å². The maximum atomic E-state index is 12.7. The topological polar surface area (TPSA) is 76.9 Å². The van der Waals surface area contributed by atoms with E-state index in [1.807, 2.05) is 43.3 Å². The minimum absolute atomic E-state index is 0.247. The molecule has 0 radical (unpaired) electrons. The molecule has 0 aliphatic carbocycles. The van der Waals surface area contributed by atoms with E-state index in [9.17, 15) is 8.42 Å². The average Bonchev–Trinajstić information content (AvgIpc) is 3.08. The molecule has 124 valence electrons. The second-order valence-corrected chi connectivity index (χ2v) is 7.20. The molecule has 1 atom stereocenters. The van der Waals surface area contributed by atoms with Crippen LogP contribution in [0.5, 0.6) is 0 Å². The van der Waals surface area contributed by atoms with Gasteiger partial charge in [-0.2, -0.15) is 15.0 Å². The summed E-state index contributed by atoms with van der Waals surface area (Å²) in [7, 11) is -3.65. The fourth-order valence-electron chi connectivity index (χ4n) is 2.43. The number of nitrogens with one attached hydrogen (secondary N) is 1. The Kier molecular flexibility index (Phi) is 4.73. The number of nitrogens with zero attached hydrogens (tertiary/aromatic N) is 3. The van der Waals surface area contributed by atoms with Crippen molar-refractivity contribution in [3.05, 3.63) is 78.1 Å². The van der Waals surface area contributed by atoms with Crippen molar-refractivity contribution in [2.75, 3.05) is 0 Å². The highest BCUT2D eigenvalue weighted by Crippen LogP contribution is 2.19. The Morgan fingerprint density at radius 2 is 1.75 bits per heavy atom. The fraction of sp³-hybridized carbons (Fsp3) is 0.176. The standard InChI is InChI=1S/C17H18N4O2S/c1-14-6-5-9-16(12-14)24(22,23)20-17(13-21-18-10-11-19-21)15-7-3-2-4-8-15/h2-12,17,20H,13H2,1H3. The van der Waals surface area contributed by atoms with E-state index < -0.39 is 16.1 Å². The molecule has 0 spiro atoms. The average molecular weight is 342 g/mol. The minimum atomic E-state index is -3.65. The molecule has 3 aromatic rings. The van der Waals surface area contributed by atoms with Crippen molar-refractivity contribution in [1.29, 1.82) is 0 Å². The van der Waals surface area contributed by atoms with Crippen molar-refractivity contribution in [2.45, 2.75) is 24.4 Å². The lowest BCUT2D eigenvalue weighted by molar-refractivity contribution is 0.444. The van der Waals surface area contributed by atoms with Crippen molar-refractivity contribution >= 4 is 10.0 Å². The summed E-state index contributed by atoms with van der Waals surface area (Å²) >= 11 is 0. The number of aromatic nitrogens is 3. The minimum Gasteiger partial charge on any atom is -0.207 e. The largest absolute Gasteiger partial charge is 0.241 e. The molecule has 0 bridgehead atoms. The summed E-state index contributed by atoms with van der Waals surface area (Å²) in [6.07, 6.45) is 3.13. The normalized spacial score (nSPS) is 12.9. The Labute approximate surface area is 141 Å². The van der Waals surface area contributed by atoms with Crippen molar-refractivity contribution in [3.63, 3.8) is 0 Å². The summed E-state index contributed by atoms with van der Waals surface area (Å²) in [4.78, 5) is 1.72. The number of hydrogen-bond donors (Lipinski definition) is 1. The van der Waals surface area contributed by atoms with Crippen LogP contribution in [0.25, 0.3) is 0 Å². The third-order valence-corrected chi connectivity index (χ3v) is 5.08. The van der Waals surface area contributed by atoms with Gasteiger partial charge in [0, 0.05) is 0 Å². The monoisotopic (exact) mass is 342 g/mol. The second-order valence-electron chi connectivity index (χ2n) is 5.49. The predicted molar refractivity (Wildman–Crippen MR) is 90.7 cm³/mol. The number of sulfonamides is 1. The first-order chi connectivity index (χ1) is 11.5. The highest BCUT2D eigenvalue weighted by Gasteiger charge is 2.22. The SMILES string of the molecule is Cc1cccc(S(=O)(=O)NC(Cn2nccn2)c2ccccc2)c1. The molecule has 0 saturated carbocycles. The molecule has 3 rings (SSSR count). The summed E-state index contributed by atoms with van der Waals surface area (Å²) in [5.74, 6) is 0. The zero-order chi connectivity index (χ0) is 17.0. The molecule has 1 aromatic heterocycles. The maximum absolute atomic E-state index is 12.7. The molecule has 1 N–H and O–H groups in total. The first-order valence-electron chi connectivity index (χ1n) is 7.53. The van der Waals surface area contributed by atoms with E-state index in [0.717, 1.165) is 11.1 Å². The van der Waals surface area contributed by atoms with E-state index in [-0.39, 0.29) is 4.90 Å². The molecule has 0 fully saturated rings. The lowest BCUT2D eigenvalue weighted by Crippen LogP contribution is -2.32. The van der Waals surface area contributed by atoms with E-state index in [4.69, 9.17) is 0 Å². The van der Waals surface area contributed by atoms with Crippen molar-refractivity contribution < 1.29 is 8.42 Å². The molecule has 0 aliphatic heterocycles. The van der Waals surface area contributed by atoms with Gasteiger partial charge in [0.15, 0.2) is 0 Å². The van der Waals surface area contributed by atoms with E-state index in [2.05, 4.69) is 14.9 Å². The molecule has 1 heterocycles. The molecule has 0 saturated heterocycles. The summed E-state index contributed by atoms with van der Waals surface area (Å²) in [6.45, 7) is 2.17. The second kappa shape index (κ2) is 6.94. The lowest BCUT2D eigenvalue weighted by Gasteiger charge is -2.19. The van der Waals surface area contributed by atoms with Crippen LogP contribution in [0.1, 0.15) is 17.2 Å². The molecular formula is C17H18N4O2S. The summed E-state index contributed by atoms with van der Waals surface area (Å²) in [5, 5.41) is 8.14. The molecule has 7 heteroatoms. The molecule has 0 amide bonds. The van der Waals surface area contributed by atoms with Gasteiger partial charge in [-0.1, -0.05) is 42.5 Å². The van der Waals surface area contributed by atoms with E-state index in [1.54, 1.807) is 30.6 Å². The first-order valence-corrected chi connectivity index (χ1v) is 9.01. The van der Waals surface area contributed by atoms with Gasteiger partial charge in [-0.15, -0.1) is 0 Å².